The second kappa shape index (κ2) is 19.1. The van der Waals surface area contributed by atoms with Gasteiger partial charge in [0.25, 0.3) is 0 Å². The SMILES string of the molecule is CC(C)Cc1cc(-c2[c-]cc(F)c(-c3ccccc3)c2)nc[c]1[Ge]([CH3])([CH3])[CH3].[2H]C([2H])([2H])c1ccc2c(n1)sc1c(-c3nc4ccccc4n3-c3c(C)cc(-c4ccccc4)cc3C)[c-]ccc12.[Ir]. The van der Waals surface area contributed by atoms with E-state index < -0.39 is 20.1 Å². The molecule has 0 aliphatic rings. The summed E-state index contributed by atoms with van der Waals surface area (Å²) >= 11 is -0.514. The normalized spacial score (nSPS) is 12.4. The van der Waals surface area contributed by atoms with E-state index in [-0.39, 0.29) is 31.6 Å². The van der Waals surface area contributed by atoms with Crippen LogP contribution in [-0.2, 0) is 26.5 Å². The molecule has 10 rings (SSSR count). The first-order chi connectivity index (χ1) is 32.0. The fraction of sp³-hybridized carbons (Fsp3) is 0.175. The summed E-state index contributed by atoms with van der Waals surface area (Å²) in [5.41, 5.74) is 13.2. The van der Waals surface area contributed by atoms with Gasteiger partial charge in [-0.3, -0.25) is 4.98 Å². The van der Waals surface area contributed by atoms with Crippen molar-refractivity contribution in [3.8, 4) is 50.6 Å². The Morgan fingerprint density at radius 3 is 2.15 bits per heavy atom. The zero-order valence-corrected chi connectivity index (χ0v) is 42.9. The number of fused-ring (bicyclic) bond motifs is 4. The van der Waals surface area contributed by atoms with E-state index in [0.29, 0.717) is 16.3 Å². The first kappa shape index (κ1) is 42.1. The molecule has 327 valence electrons. The zero-order chi connectivity index (χ0) is 47.2. The molecule has 10 aromatic rings. The van der Waals surface area contributed by atoms with Crippen LogP contribution in [0.3, 0.4) is 0 Å². The molecule has 1 radical (unpaired) electrons. The molecule has 0 fully saturated rings. The first-order valence-corrected chi connectivity index (χ1v) is 29.9. The minimum atomic E-state index is -2.26. The van der Waals surface area contributed by atoms with Crippen LogP contribution in [0.4, 0.5) is 4.39 Å². The summed E-state index contributed by atoms with van der Waals surface area (Å²) < 4.78 is 42.5. The van der Waals surface area contributed by atoms with Crippen LogP contribution in [0.15, 0.2) is 146 Å². The van der Waals surface area contributed by atoms with Crippen molar-refractivity contribution in [3.63, 3.8) is 0 Å². The Morgan fingerprint density at radius 1 is 0.769 bits per heavy atom. The molecule has 4 aromatic heterocycles. The smallest absolute Gasteiger partial charge is 0.113 e. The largest absolute Gasteiger partial charge is 0.333 e. The summed E-state index contributed by atoms with van der Waals surface area (Å²) in [6.45, 7) is 6.54. The van der Waals surface area contributed by atoms with Crippen LogP contribution >= 0.6 is 11.3 Å². The number of imidazole rings is 1. The van der Waals surface area contributed by atoms with Crippen molar-refractivity contribution in [3.05, 3.63) is 186 Å². The summed E-state index contributed by atoms with van der Waals surface area (Å²) in [5, 5.41) is 1.95. The maximum Gasteiger partial charge on any atom is 0.113 e. The Bertz CT molecular complexity index is 3410. The van der Waals surface area contributed by atoms with Crippen LogP contribution in [0.25, 0.3) is 81.9 Å². The second-order valence-corrected chi connectivity index (χ2v) is 29.5. The predicted octanol–water partition coefficient (Wildman–Crippen LogP) is 14.9. The summed E-state index contributed by atoms with van der Waals surface area (Å²) in [6, 6.07) is 52.2. The molecule has 0 aliphatic heterocycles. The molecule has 4 heterocycles. The summed E-state index contributed by atoms with van der Waals surface area (Å²) in [6.07, 6.45) is 3.10. The fourth-order valence-electron chi connectivity index (χ4n) is 8.70. The molecule has 0 saturated carbocycles. The molecule has 65 heavy (non-hydrogen) atoms. The van der Waals surface area contributed by atoms with Crippen LogP contribution in [-0.4, -0.2) is 32.8 Å². The van der Waals surface area contributed by atoms with E-state index in [1.54, 1.807) is 6.07 Å². The van der Waals surface area contributed by atoms with Crippen LogP contribution < -0.4 is 4.40 Å². The minimum Gasteiger partial charge on any atom is -0.333 e. The molecule has 8 heteroatoms. The van der Waals surface area contributed by atoms with E-state index in [1.807, 2.05) is 78.9 Å². The van der Waals surface area contributed by atoms with Gasteiger partial charge in [0, 0.05) is 35.6 Å². The molecule has 4 nitrogen and oxygen atoms in total. The van der Waals surface area contributed by atoms with Crippen molar-refractivity contribution in [1.29, 1.82) is 0 Å². The van der Waals surface area contributed by atoms with E-state index in [4.69, 9.17) is 14.1 Å². The van der Waals surface area contributed by atoms with Gasteiger partial charge in [-0.05, 0) is 83.4 Å². The van der Waals surface area contributed by atoms with Gasteiger partial charge in [0.05, 0.1) is 16.9 Å². The Hall–Kier alpha value is -5.57. The maximum atomic E-state index is 14.4. The number of para-hydroxylation sites is 2. The van der Waals surface area contributed by atoms with Gasteiger partial charge in [0.1, 0.15) is 4.83 Å². The molecular formula is C57H51FGeIrN4S-2. The van der Waals surface area contributed by atoms with Crippen LogP contribution in [0.5, 0.6) is 0 Å². The average Bonchev–Trinajstić information content (AvgIpc) is 3.87. The molecular weight excluding hydrogens is 1060 g/mol. The van der Waals surface area contributed by atoms with Crippen molar-refractivity contribution in [2.45, 2.75) is 58.2 Å². The third-order valence-electron chi connectivity index (χ3n) is 11.6. The summed E-state index contributed by atoms with van der Waals surface area (Å²) in [5.74, 6) is 8.33. The van der Waals surface area contributed by atoms with Gasteiger partial charge >= 0.3 is 165 Å². The zero-order valence-electron chi connectivity index (χ0n) is 40.5. The molecule has 0 N–H and O–H groups in total. The van der Waals surface area contributed by atoms with E-state index in [1.165, 1.54) is 38.5 Å². The Morgan fingerprint density at radius 2 is 1.46 bits per heavy atom. The third kappa shape index (κ3) is 9.44. The maximum absolute atomic E-state index is 14.4. The average molecular weight is 1110 g/mol. The topological polar surface area (TPSA) is 43.6 Å². The fourth-order valence-corrected chi connectivity index (χ4v) is 13.2. The van der Waals surface area contributed by atoms with Gasteiger partial charge in [-0.15, -0.1) is 18.2 Å². The quantitative estimate of drug-likeness (QED) is 0.112. The van der Waals surface area contributed by atoms with Gasteiger partial charge in [-0.2, -0.15) is 11.3 Å². The molecule has 0 amide bonds. The number of nitrogens with zero attached hydrogens (tertiary/aromatic N) is 4. The second-order valence-electron chi connectivity index (χ2n) is 17.9. The van der Waals surface area contributed by atoms with Crippen LogP contribution in [0, 0.1) is 44.6 Å². The van der Waals surface area contributed by atoms with E-state index in [0.717, 1.165) is 77.9 Å². The Labute approximate surface area is 406 Å². The molecule has 0 atom stereocenters. The van der Waals surface area contributed by atoms with Crippen molar-refractivity contribution in [1.82, 2.24) is 19.5 Å². The van der Waals surface area contributed by atoms with E-state index in [9.17, 15) is 4.39 Å². The minimum absolute atomic E-state index is 0. The number of benzene rings is 6. The van der Waals surface area contributed by atoms with Crippen LogP contribution in [0.2, 0.25) is 17.3 Å². The number of aryl methyl sites for hydroxylation is 3. The molecule has 0 bridgehead atoms. The van der Waals surface area contributed by atoms with E-state index in [2.05, 4.69) is 121 Å². The molecule has 0 saturated heterocycles. The van der Waals surface area contributed by atoms with Crippen molar-refractivity contribution in [2.75, 3.05) is 0 Å². The molecule has 0 unspecified atom stereocenters. The van der Waals surface area contributed by atoms with Gasteiger partial charge in [0.2, 0.25) is 0 Å². The Balaban J connectivity index is 0.000000196. The first-order valence-electron chi connectivity index (χ1n) is 23.2. The molecule has 0 aliphatic carbocycles. The number of halogens is 1. The van der Waals surface area contributed by atoms with Gasteiger partial charge < -0.3 is 4.57 Å². The van der Waals surface area contributed by atoms with Crippen molar-refractivity contribution in [2.24, 2.45) is 5.92 Å². The molecule has 6 aromatic carbocycles. The number of pyridine rings is 2. The summed E-state index contributed by atoms with van der Waals surface area (Å²) in [4.78, 5) is 15.1. The van der Waals surface area contributed by atoms with Crippen molar-refractivity contribution >= 4 is 60.3 Å². The summed E-state index contributed by atoms with van der Waals surface area (Å²) in [7, 11) is 0. The predicted molar refractivity (Wildman–Crippen MR) is 271 cm³/mol. The van der Waals surface area contributed by atoms with Gasteiger partial charge in [-0.1, -0.05) is 59.5 Å². The number of aromatic nitrogens is 4. The van der Waals surface area contributed by atoms with Crippen molar-refractivity contribution < 1.29 is 28.6 Å². The van der Waals surface area contributed by atoms with E-state index >= 15 is 0 Å². The number of rotatable bonds is 8. The van der Waals surface area contributed by atoms with Gasteiger partial charge in [-0.25, -0.2) is 4.98 Å². The standard InChI is InChI=1S/C33H24N3S.C24H27FGeN.Ir/c1-20-18-24(23-10-5-4-6-11-23)19-21(2)30(20)36-29-15-8-7-14-28(29)35-32(36)27-13-9-12-25-26-17-16-22(3)34-33(26)37-31(25)27;1-17(2)13-20-15-24(27-16-23(20)26(3,4)5)19-11-12-22(25)21(14-19)18-9-7-6-8-10-18;/h4-12,14-19H,1-3H3;6-10,12,14-17H,13H2,1-5H3;/q2*-1;/i3D3;;. The van der Waals surface area contributed by atoms with Gasteiger partial charge in [0.15, 0.2) is 0 Å². The molecule has 0 spiro atoms. The number of hydrogen-bond acceptors (Lipinski definition) is 4. The third-order valence-corrected chi connectivity index (χ3v) is 17.1. The Kier molecular flexibility index (Phi) is 12.4. The number of thiophene rings is 1. The number of hydrogen-bond donors (Lipinski definition) is 0. The monoisotopic (exact) mass is 1110 g/mol. The van der Waals surface area contributed by atoms with Crippen LogP contribution in [0.1, 0.15) is 40.3 Å².